The summed E-state index contributed by atoms with van der Waals surface area (Å²) < 4.78 is 19.4. The maximum Gasteiger partial charge on any atom is 0.248 e. The first-order valence-electron chi connectivity index (χ1n) is 10.2. The van der Waals surface area contributed by atoms with Crippen molar-refractivity contribution < 1.29 is 13.9 Å². The molecule has 162 valence electrons. The van der Waals surface area contributed by atoms with Crippen LogP contribution in [0.25, 0.3) is 33.4 Å². The fraction of sp³-hybridized carbons (Fsp3) is 0.200. The van der Waals surface area contributed by atoms with Crippen molar-refractivity contribution in [2.45, 2.75) is 13.5 Å². The lowest BCUT2D eigenvalue weighted by Gasteiger charge is -2.14. The van der Waals surface area contributed by atoms with Crippen LogP contribution >= 0.6 is 0 Å². The molecule has 1 amide bonds. The molecule has 32 heavy (non-hydrogen) atoms. The molecule has 2 aromatic carbocycles. The van der Waals surface area contributed by atoms with E-state index in [2.05, 4.69) is 15.0 Å². The number of aromatic nitrogens is 3. The van der Waals surface area contributed by atoms with Crippen molar-refractivity contribution in [2.75, 3.05) is 20.7 Å². The highest BCUT2D eigenvalue weighted by molar-refractivity contribution is 5.87. The molecule has 0 N–H and O–H groups in total. The van der Waals surface area contributed by atoms with E-state index in [1.807, 2.05) is 24.3 Å². The van der Waals surface area contributed by atoms with Crippen LogP contribution in [-0.4, -0.2) is 46.5 Å². The van der Waals surface area contributed by atoms with Crippen molar-refractivity contribution in [3.8, 4) is 22.4 Å². The summed E-state index contributed by atoms with van der Waals surface area (Å²) in [4.78, 5) is 26.7. The van der Waals surface area contributed by atoms with Gasteiger partial charge in [-0.05, 0) is 60.0 Å². The SMILES string of the molecule is Cc1cc(-c2ncc(COCC(=O)N(C)C)cc2-c2ccc3nccnc3c2)ccc1F. The van der Waals surface area contributed by atoms with Crippen LogP contribution in [-0.2, 0) is 16.1 Å². The van der Waals surface area contributed by atoms with E-state index in [9.17, 15) is 9.18 Å². The first kappa shape index (κ1) is 21.5. The number of benzene rings is 2. The minimum atomic E-state index is -0.258. The minimum Gasteiger partial charge on any atom is -0.367 e. The Morgan fingerprint density at radius 3 is 2.47 bits per heavy atom. The monoisotopic (exact) mass is 430 g/mol. The predicted molar refractivity (Wildman–Crippen MR) is 121 cm³/mol. The molecule has 0 aliphatic carbocycles. The smallest absolute Gasteiger partial charge is 0.248 e. The van der Waals surface area contributed by atoms with Crippen molar-refractivity contribution in [1.29, 1.82) is 0 Å². The van der Waals surface area contributed by atoms with Gasteiger partial charge in [0.05, 0.1) is 23.3 Å². The fourth-order valence-corrected chi connectivity index (χ4v) is 3.35. The number of carbonyl (C=O) groups is 1. The molecule has 2 heterocycles. The molecule has 0 radical (unpaired) electrons. The average molecular weight is 430 g/mol. The number of nitrogens with zero attached hydrogens (tertiary/aromatic N) is 4. The molecule has 0 aliphatic heterocycles. The highest BCUT2D eigenvalue weighted by atomic mass is 19.1. The summed E-state index contributed by atoms with van der Waals surface area (Å²) in [5, 5.41) is 0. The van der Waals surface area contributed by atoms with Crippen LogP contribution in [0.1, 0.15) is 11.1 Å². The summed E-state index contributed by atoms with van der Waals surface area (Å²) in [5.41, 5.74) is 6.26. The molecule has 6 nitrogen and oxygen atoms in total. The predicted octanol–water partition coefficient (Wildman–Crippen LogP) is 4.41. The van der Waals surface area contributed by atoms with Crippen molar-refractivity contribution in [2.24, 2.45) is 0 Å². The van der Waals surface area contributed by atoms with Crippen LogP contribution in [0.15, 0.2) is 61.1 Å². The zero-order valence-corrected chi connectivity index (χ0v) is 18.2. The van der Waals surface area contributed by atoms with Gasteiger partial charge in [0, 0.05) is 43.8 Å². The Labute approximate surface area is 185 Å². The zero-order valence-electron chi connectivity index (χ0n) is 18.2. The first-order valence-corrected chi connectivity index (χ1v) is 10.2. The molecule has 2 aromatic heterocycles. The maximum absolute atomic E-state index is 13.9. The lowest BCUT2D eigenvalue weighted by Crippen LogP contribution is -2.26. The summed E-state index contributed by atoms with van der Waals surface area (Å²) >= 11 is 0. The van der Waals surface area contributed by atoms with Gasteiger partial charge in [0.25, 0.3) is 0 Å². The number of amides is 1. The van der Waals surface area contributed by atoms with E-state index >= 15 is 0 Å². The lowest BCUT2D eigenvalue weighted by molar-refractivity contribution is -0.133. The number of likely N-dealkylation sites (N-methyl/N-ethyl adjacent to an activating group) is 1. The minimum absolute atomic E-state index is 0.00714. The number of ether oxygens (including phenoxy) is 1. The molecular formula is C25H23FN4O2. The summed E-state index contributed by atoms with van der Waals surface area (Å²) in [6.07, 6.45) is 5.03. The van der Waals surface area contributed by atoms with Gasteiger partial charge in [0.15, 0.2) is 0 Å². The molecule has 0 bridgehead atoms. The summed E-state index contributed by atoms with van der Waals surface area (Å²) in [5.74, 6) is -0.364. The first-order chi connectivity index (χ1) is 15.4. The number of halogens is 1. The number of pyridine rings is 1. The molecule has 7 heteroatoms. The Morgan fingerprint density at radius 2 is 1.72 bits per heavy atom. The number of hydrogen-bond donors (Lipinski definition) is 0. The van der Waals surface area contributed by atoms with E-state index in [1.54, 1.807) is 51.7 Å². The van der Waals surface area contributed by atoms with E-state index in [0.717, 1.165) is 39.0 Å². The van der Waals surface area contributed by atoms with Crippen molar-refractivity contribution in [3.05, 3.63) is 78.0 Å². The Balaban J connectivity index is 1.75. The summed E-state index contributed by atoms with van der Waals surface area (Å²) in [6, 6.07) is 12.8. The summed E-state index contributed by atoms with van der Waals surface area (Å²) in [6.45, 7) is 1.97. The van der Waals surface area contributed by atoms with Crippen LogP contribution in [0.5, 0.6) is 0 Å². The second-order valence-electron chi connectivity index (χ2n) is 7.74. The van der Waals surface area contributed by atoms with Gasteiger partial charge >= 0.3 is 0 Å². The van der Waals surface area contributed by atoms with Crippen LogP contribution < -0.4 is 0 Å². The van der Waals surface area contributed by atoms with E-state index in [-0.39, 0.29) is 24.9 Å². The number of carbonyl (C=O) groups excluding carboxylic acids is 1. The van der Waals surface area contributed by atoms with E-state index in [0.29, 0.717) is 5.56 Å². The Kier molecular flexibility index (Phi) is 6.18. The van der Waals surface area contributed by atoms with Gasteiger partial charge in [-0.25, -0.2) is 4.39 Å². The maximum atomic E-state index is 13.9. The molecule has 0 aliphatic rings. The van der Waals surface area contributed by atoms with Gasteiger partial charge in [0.1, 0.15) is 12.4 Å². The standard InChI is InChI=1S/C25H23FN4O2/c1-16-10-19(4-6-21(16)26)25-20(18-5-7-22-23(12-18)28-9-8-27-22)11-17(13-29-25)14-32-15-24(31)30(2)3/h4-13H,14-15H2,1-3H3. The Morgan fingerprint density at radius 1 is 0.969 bits per heavy atom. The quantitative estimate of drug-likeness (QED) is 0.453. The third kappa shape index (κ3) is 4.63. The molecule has 0 fully saturated rings. The van der Waals surface area contributed by atoms with Crippen LogP contribution in [0.4, 0.5) is 4.39 Å². The largest absolute Gasteiger partial charge is 0.367 e. The molecule has 0 unspecified atom stereocenters. The number of hydrogen-bond acceptors (Lipinski definition) is 5. The molecule has 4 aromatic rings. The zero-order chi connectivity index (χ0) is 22.7. The second kappa shape index (κ2) is 9.20. The topological polar surface area (TPSA) is 68.2 Å². The molecule has 0 atom stereocenters. The third-order valence-electron chi connectivity index (χ3n) is 5.15. The van der Waals surface area contributed by atoms with Gasteiger partial charge in [-0.3, -0.25) is 19.7 Å². The normalized spacial score (nSPS) is 11.0. The Bertz CT molecular complexity index is 1290. The number of aryl methyl sites for hydroxylation is 1. The number of rotatable bonds is 6. The summed E-state index contributed by atoms with van der Waals surface area (Å²) in [7, 11) is 3.38. The van der Waals surface area contributed by atoms with E-state index in [4.69, 9.17) is 4.74 Å². The van der Waals surface area contributed by atoms with Crippen molar-refractivity contribution in [1.82, 2.24) is 19.9 Å². The molecule has 0 spiro atoms. The van der Waals surface area contributed by atoms with Gasteiger partial charge in [0.2, 0.25) is 5.91 Å². The molecule has 4 rings (SSSR count). The van der Waals surface area contributed by atoms with E-state index in [1.165, 1.54) is 11.0 Å². The van der Waals surface area contributed by atoms with E-state index < -0.39 is 0 Å². The third-order valence-corrected chi connectivity index (χ3v) is 5.15. The van der Waals surface area contributed by atoms with Crippen LogP contribution in [0.3, 0.4) is 0 Å². The molecular weight excluding hydrogens is 407 g/mol. The van der Waals surface area contributed by atoms with Crippen molar-refractivity contribution >= 4 is 16.9 Å². The average Bonchev–Trinajstić information content (AvgIpc) is 2.80. The second-order valence-corrected chi connectivity index (χ2v) is 7.74. The van der Waals surface area contributed by atoms with Gasteiger partial charge < -0.3 is 9.64 Å². The van der Waals surface area contributed by atoms with Crippen LogP contribution in [0.2, 0.25) is 0 Å². The molecule has 0 saturated carbocycles. The van der Waals surface area contributed by atoms with Gasteiger partial charge in [-0.15, -0.1) is 0 Å². The molecule has 0 saturated heterocycles. The van der Waals surface area contributed by atoms with Crippen LogP contribution in [0, 0.1) is 12.7 Å². The number of fused-ring (bicyclic) bond motifs is 1. The van der Waals surface area contributed by atoms with Gasteiger partial charge in [-0.1, -0.05) is 6.07 Å². The Hall–Kier alpha value is -3.71. The fourth-order valence-electron chi connectivity index (χ4n) is 3.35. The highest BCUT2D eigenvalue weighted by Crippen LogP contribution is 2.33. The lowest BCUT2D eigenvalue weighted by atomic mass is 9.96. The van der Waals surface area contributed by atoms with Gasteiger partial charge in [-0.2, -0.15) is 0 Å². The highest BCUT2D eigenvalue weighted by Gasteiger charge is 2.14. The van der Waals surface area contributed by atoms with Crippen molar-refractivity contribution in [3.63, 3.8) is 0 Å².